The zero-order valence-corrected chi connectivity index (χ0v) is 20.4. The standard InChI is InChI=1S/C21H14Cl4N2O7/c1-8(27-18(29)12-13(19(27)30)15(23)17(25)16(24)14(12)22)20(31)34-7-11(28)26-10-5-3-9(4-6-10)21(32)33-2/h3-6,8H,7H2,1-2H3,(H,26,28)/t8-/m0/s1. The number of nitrogens with zero attached hydrogens (tertiary/aromatic N) is 1. The van der Waals surface area contributed by atoms with Crippen LogP contribution < -0.4 is 5.32 Å². The van der Waals surface area contributed by atoms with Gasteiger partial charge in [-0.15, -0.1) is 0 Å². The van der Waals surface area contributed by atoms with Crippen molar-refractivity contribution in [3.63, 3.8) is 0 Å². The largest absolute Gasteiger partial charge is 0.465 e. The van der Waals surface area contributed by atoms with Crippen LogP contribution in [0.15, 0.2) is 24.3 Å². The maximum Gasteiger partial charge on any atom is 0.337 e. The van der Waals surface area contributed by atoms with Gasteiger partial charge in [0.15, 0.2) is 6.61 Å². The lowest BCUT2D eigenvalue weighted by Crippen LogP contribution is -2.44. The van der Waals surface area contributed by atoms with E-state index in [1.165, 1.54) is 38.3 Å². The van der Waals surface area contributed by atoms with E-state index >= 15 is 0 Å². The fourth-order valence-corrected chi connectivity index (χ4v) is 4.10. The van der Waals surface area contributed by atoms with Crippen molar-refractivity contribution >= 4 is 81.8 Å². The maximum atomic E-state index is 12.8. The van der Waals surface area contributed by atoms with Crippen molar-refractivity contribution in [2.45, 2.75) is 13.0 Å². The molecule has 2 aromatic rings. The van der Waals surface area contributed by atoms with E-state index in [4.69, 9.17) is 51.1 Å². The average molecular weight is 548 g/mol. The number of imide groups is 1. The van der Waals surface area contributed by atoms with E-state index in [1.54, 1.807) is 0 Å². The number of rotatable bonds is 6. The fourth-order valence-electron chi connectivity index (χ4n) is 3.09. The van der Waals surface area contributed by atoms with Crippen LogP contribution in [-0.4, -0.2) is 54.3 Å². The molecule has 2 aromatic carbocycles. The number of methoxy groups -OCH3 is 1. The van der Waals surface area contributed by atoms with Gasteiger partial charge in [-0.05, 0) is 31.2 Å². The molecule has 1 aliphatic rings. The van der Waals surface area contributed by atoms with Gasteiger partial charge >= 0.3 is 11.9 Å². The summed E-state index contributed by atoms with van der Waals surface area (Å²) in [5.41, 5.74) is 0.0577. The summed E-state index contributed by atoms with van der Waals surface area (Å²) in [5.74, 6) is -4.09. The normalized spacial score (nSPS) is 13.4. The first-order chi connectivity index (χ1) is 16.0. The molecule has 1 N–H and O–H groups in total. The van der Waals surface area contributed by atoms with Gasteiger partial charge in [0.25, 0.3) is 17.7 Å². The van der Waals surface area contributed by atoms with Gasteiger partial charge in [0, 0.05) is 5.69 Å². The molecule has 1 heterocycles. The number of hydrogen-bond acceptors (Lipinski definition) is 7. The fraction of sp³-hybridized carbons (Fsp3) is 0.190. The quantitative estimate of drug-likeness (QED) is 0.248. The van der Waals surface area contributed by atoms with Gasteiger partial charge in [0.2, 0.25) is 0 Å². The predicted molar refractivity (Wildman–Crippen MR) is 124 cm³/mol. The van der Waals surface area contributed by atoms with Gasteiger partial charge < -0.3 is 14.8 Å². The van der Waals surface area contributed by atoms with E-state index < -0.39 is 42.3 Å². The smallest absolute Gasteiger partial charge is 0.337 e. The Kier molecular flexibility index (Phi) is 7.72. The number of anilines is 1. The minimum atomic E-state index is -1.41. The zero-order valence-electron chi connectivity index (χ0n) is 17.4. The molecule has 0 spiro atoms. The van der Waals surface area contributed by atoms with Crippen LogP contribution in [0.25, 0.3) is 0 Å². The summed E-state index contributed by atoms with van der Waals surface area (Å²) < 4.78 is 9.53. The highest BCUT2D eigenvalue weighted by Crippen LogP contribution is 2.45. The maximum absolute atomic E-state index is 12.8. The highest BCUT2D eigenvalue weighted by atomic mass is 35.5. The number of carbonyl (C=O) groups is 5. The Morgan fingerprint density at radius 3 is 1.88 bits per heavy atom. The minimum Gasteiger partial charge on any atom is -0.465 e. The Labute approximate surface area is 212 Å². The van der Waals surface area contributed by atoms with Crippen molar-refractivity contribution in [3.8, 4) is 0 Å². The van der Waals surface area contributed by atoms with E-state index in [1.807, 2.05) is 0 Å². The number of halogens is 4. The topological polar surface area (TPSA) is 119 Å². The second-order valence-corrected chi connectivity index (χ2v) is 8.40. The molecule has 3 rings (SSSR count). The summed E-state index contributed by atoms with van der Waals surface area (Å²) in [6.07, 6.45) is 0. The monoisotopic (exact) mass is 546 g/mol. The van der Waals surface area contributed by atoms with Crippen molar-refractivity contribution in [1.29, 1.82) is 0 Å². The molecule has 9 nitrogen and oxygen atoms in total. The van der Waals surface area contributed by atoms with Crippen LogP contribution in [0.2, 0.25) is 20.1 Å². The third kappa shape index (κ3) is 4.69. The Bertz CT molecular complexity index is 1180. The first kappa shape index (κ1) is 25.8. The van der Waals surface area contributed by atoms with E-state index in [0.717, 1.165) is 0 Å². The summed E-state index contributed by atoms with van der Waals surface area (Å²) >= 11 is 24.1. The Morgan fingerprint density at radius 1 is 0.912 bits per heavy atom. The lowest BCUT2D eigenvalue weighted by Gasteiger charge is -2.20. The average Bonchev–Trinajstić information content (AvgIpc) is 3.09. The molecular formula is C21H14Cl4N2O7. The van der Waals surface area contributed by atoms with Crippen LogP contribution in [-0.2, 0) is 19.1 Å². The van der Waals surface area contributed by atoms with Crippen molar-refractivity contribution in [2.24, 2.45) is 0 Å². The lowest BCUT2D eigenvalue weighted by atomic mass is 10.1. The van der Waals surface area contributed by atoms with E-state index in [2.05, 4.69) is 10.1 Å². The van der Waals surface area contributed by atoms with Crippen LogP contribution in [0, 0.1) is 0 Å². The summed E-state index contributed by atoms with van der Waals surface area (Å²) in [6, 6.07) is 4.37. The Morgan fingerprint density at radius 2 is 1.41 bits per heavy atom. The molecular weight excluding hydrogens is 534 g/mol. The first-order valence-electron chi connectivity index (χ1n) is 9.38. The van der Waals surface area contributed by atoms with Gasteiger partial charge in [0.1, 0.15) is 6.04 Å². The summed E-state index contributed by atoms with van der Waals surface area (Å²) in [6.45, 7) is 0.530. The minimum absolute atomic E-state index is 0.207. The SMILES string of the molecule is COC(=O)c1ccc(NC(=O)COC(=O)[C@H](C)N2C(=O)c3c(Cl)c(Cl)c(Cl)c(Cl)c3C2=O)cc1. The van der Waals surface area contributed by atoms with Gasteiger partial charge in [-0.25, -0.2) is 9.59 Å². The summed E-state index contributed by atoms with van der Waals surface area (Å²) in [7, 11) is 1.24. The van der Waals surface area contributed by atoms with Crippen LogP contribution in [0.4, 0.5) is 5.69 Å². The molecule has 0 saturated carbocycles. The molecule has 0 radical (unpaired) electrons. The van der Waals surface area contributed by atoms with Crippen molar-refractivity contribution in [3.05, 3.63) is 61.0 Å². The summed E-state index contributed by atoms with van der Waals surface area (Å²) in [4.78, 5) is 62.2. The van der Waals surface area contributed by atoms with E-state index in [0.29, 0.717) is 10.6 Å². The third-order valence-corrected chi connectivity index (χ3v) is 6.60. The van der Waals surface area contributed by atoms with E-state index in [-0.39, 0.29) is 36.8 Å². The Balaban J connectivity index is 1.66. The molecule has 0 bridgehead atoms. The van der Waals surface area contributed by atoms with Crippen LogP contribution in [0.3, 0.4) is 0 Å². The van der Waals surface area contributed by atoms with Gasteiger partial charge in [-0.3, -0.25) is 19.3 Å². The number of benzene rings is 2. The van der Waals surface area contributed by atoms with Crippen LogP contribution in [0.1, 0.15) is 38.0 Å². The molecule has 0 aromatic heterocycles. The van der Waals surface area contributed by atoms with Gasteiger partial charge in [-0.1, -0.05) is 46.4 Å². The van der Waals surface area contributed by atoms with Crippen molar-refractivity contribution in [1.82, 2.24) is 4.90 Å². The molecule has 0 saturated heterocycles. The molecule has 1 atom stereocenters. The van der Waals surface area contributed by atoms with Crippen LogP contribution >= 0.6 is 46.4 Å². The number of amides is 3. The van der Waals surface area contributed by atoms with Crippen LogP contribution in [0.5, 0.6) is 0 Å². The van der Waals surface area contributed by atoms with Crippen molar-refractivity contribution < 1.29 is 33.4 Å². The highest BCUT2D eigenvalue weighted by Gasteiger charge is 2.45. The number of ether oxygens (including phenoxy) is 2. The second kappa shape index (κ2) is 10.2. The number of fused-ring (bicyclic) bond motifs is 1. The van der Waals surface area contributed by atoms with Gasteiger partial charge in [0.05, 0.1) is 43.9 Å². The molecule has 13 heteroatoms. The predicted octanol–water partition coefficient (Wildman–Crippen LogP) is 4.25. The lowest BCUT2D eigenvalue weighted by molar-refractivity contribution is -0.150. The summed E-state index contributed by atoms with van der Waals surface area (Å²) in [5, 5.41) is 1.51. The second-order valence-electron chi connectivity index (χ2n) is 6.89. The molecule has 34 heavy (non-hydrogen) atoms. The highest BCUT2D eigenvalue weighted by molar-refractivity contribution is 6.55. The molecule has 3 amide bonds. The molecule has 0 fully saturated rings. The third-order valence-electron chi connectivity index (χ3n) is 4.80. The molecule has 0 unspecified atom stereocenters. The number of nitrogens with one attached hydrogen (secondary N) is 1. The van der Waals surface area contributed by atoms with Crippen molar-refractivity contribution in [2.75, 3.05) is 19.0 Å². The number of hydrogen-bond donors (Lipinski definition) is 1. The Hall–Kier alpha value is -2.85. The van der Waals surface area contributed by atoms with E-state index in [9.17, 15) is 24.0 Å². The van der Waals surface area contributed by atoms with Gasteiger partial charge in [-0.2, -0.15) is 0 Å². The first-order valence-corrected chi connectivity index (χ1v) is 10.9. The molecule has 1 aliphatic heterocycles. The zero-order chi connectivity index (χ0) is 25.3. The molecule has 178 valence electrons. The molecule has 0 aliphatic carbocycles. The number of carbonyl (C=O) groups excluding carboxylic acids is 5. The number of esters is 2.